The Morgan fingerprint density at radius 3 is 2.44 bits per heavy atom. The van der Waals surface area contributed by atoms with Crippen molar-refractivity contribution in [3.05, 3.63) is 58.6 Å². The number of hydrogen-bond donors (Lipinski definition) is 2. The lowest BCUT2D eigenvalue weighted by molar-refractivity contribution is -0.119. The summed E-state index contributed by atoms with van der Waals surface area (Å²) in [5, 5.41) is 2.63. The first kappa shape index (κ1) is 19.0. The molecule has 2 aromatic carbocycles. The summed E-state index contributed by atoms with van der Waals surface area (Å²) in [5.74, 6) is -1.52. The molecule has 25 heavy (non-hydrogen) atoms. The van der Waals surface area contributed by atoms with Gasteiger partial charge in [-0.2, -0.15) is 0 Å². The molecule has 0 aliphatic heterocycles. The predicted molar refractivity (Wildman–Crippen MR) is 99.4 cm³/mol. The van der Waals surface area contributed by atoms with Gasteiger partial charge in [0.25, 0.3) is 5.91 Å². The summed E-state index contributed by atoms with van der Waals surface area (Å²) in [4.78, 5) is 35.5. The van der Waals surface area contributed by atoms with Crippen LogP contribution in [0.25, 0.3) is 0 Å². The van der Waals surface area contributed by atoms with Crippen molar-refractivity contribution in [2.45, 2.75) is 4.90 Å². The van der Waals surface area contributed by atoms with Crippen LogP contribution in [-0.4, -0.2) is 30.1 Å². The van der Waals surface area contributed by atoms with E-state index >= 15 is 0 Å². The Kier molecular flexibility index (Phi) is 7.03. The Bertz CT molecular complexity index is 780. The molecule has 0 saturated heterocycles. The van der Waals surface area contributed by atoms with Gasteiger partial charge in [0.2, 0.25) is 5.91 Å². The van der Waals surface area contributed by atoms with Gasteiger partial charge in [-0.15, -0.1) is 11.8 Å². The highest BCUT2D eigenvalue weighted by Crippen LogP contribution is 2.23. The van der Waals surface area contributed by atoms with E-state index in [9.17, 15) is 14.4 Å². The maximum Gasteiger partial charge on any atom is 0.339 e. The van der Waals surface area contributed by atoms with Crippen LogP contribution in [0.2, 0.25) is 0 Å². The van der Waals surface area contributed by atoms with Gasteiger partial charge < -0.3 is 15.8 Å². The van der Waals surface area contributed by atoms with Crippen LogP contribution in [0.15, 0.2) is 57.9 Å². The molecule has 0 bridgehead atoms. The third-order valence-electron chi connectivity index (χ3n) is 2.94. The minimum Gasteiger partial charge on any atom is -0.452 e. The number of hydrogen-bond acceptors (Lipinski definition) is 5. The van der Waals surface area contributed by atoms with Gasteiger partial charge in [0.15, 0.2) is 6.61 Å². The number of nitrogens with one attached hydrogen (secondary N) is 1. The highest BCUT2D eigenvalue weighted by atomic mass is 79.9. The molecule has 8 heteroatoms. The maximum absolute atomic E-state index is 12.2. The Morgan fingerprint density at radius 1 is 1.08 bits per heavy atom. The van der Waals surface area contributed by atoms with Gasteiger partial charge in [0, 0.05) is 15.1 Å². The molecule has 2 amide bonds. The van der Waals surface area contributed by atoms with E-state index in [0.29, 0.717) is 10.6 Å². The van der Waals surface area contributed by atoms with Crippen molar-refractivity contribution >= 4 is 51.2 Å². The first-order valence-electron chi connectivity index (χ1n) is 7.18. The summed E-state index contributed by atoms with van der Waals surface area (Å²) in [5.41, 5.74) is 6.00. The number of benzene rings is 2. The molecule has 0 aliphatic rings. The average Bonchev–Trinajstić information content (AvgIpc) is 2.60. The Morgan fingerprint density at radius 2 is 1.76 bits per heavy atom. The molecule has 3 N–H and O–H groups in total. The molecular weight excluding hydrogens is 408 g/mol. The highest BCUT2D eigenvalue weighted by Gasteiger charge is 2.15. The number of carbonyl (C=O) groups excluding carboxylic acids is 3. The molecule has 0 unspecified atom stereocenters. The SMILES string of the molecule is NC(=O)CSc1ccccc1C(=O)OCC(=O)Nc1ccc(Br)cc1. The second-order valence-corrected chi connectivity index (χ2v) is 6.82. The second-order valence-electron chi connectivity index (χ2n) is 4.88. The number of primary amides is 1. The molecule has 0 saturated carbocycles. The molecule has 0 spiro atoms. The number of halogens is 1. The number of amides is 2. The van der Waals surface area contributed by atoms with Gasteiger partial charge in [0.05, 0.1) is 11.3 Å². The Balaban J connectivity index is 1.92. The third-order valence-corrected chi connectivity index (χ3v) is 4.56. The minimum atomic E-state index is -0.640. The number of thioether (sulfide) groups is 1. The van der Waals surface area contributed by atoms with Crippen LogP contribution >= 0.6 is 27.7 Å². The number of esters is 1. The standard InChI is InChI=1S/C17H15BrN2O4S/c18-11-5-7-12(8-6-11)20-16(22)9-24-17(23)13-3-1-2-4-14(13)25-10-15(19)21/h1-8H,9-10H2,(H2,19,21)(H,20,22). The molecule has 0 aliphatic carbocycles. The first-order valence-corrected chi connectivity index (χ1v) is 8.96. The molecule has 0 fully saturated rings. The molecule has 0 heterocycles. The van der Waals surface area contributed by atoms with Crippen molar-refractivity contribution in [2.24, 2.45) is 5.73 Å². The molecule has 0 aromatic heterocycles. The van der Waals surface area contributed by atoms with Crippen molar-refractivity contribution in [2.75, 3.05) is 17.7 Å². The molecule has 0 radical (unpaired) electrons. The van der Waals surface area contributed by atoms with Crippen molar-refractivity contribution in [1.29, 1.82) is 0 Å². The van der Waals surface area contributed by atoms with E-state index in [1.54, 1.807) is 48.5 Å². The van der Waals surface area contributed by atoms with Crippen LogP contribution in [0.1, 0.15) is 10.4 Å². The van der Waals surface area contributed by atoms with Crippen LogP contribution in [0, 0.1) is 0 Å². The lowest BCUT2D eigenvalue weighted by Crippen LogP contribution is -2.21. The Hall–Kier alpha value is -2.32. The maximum atomic E-state index is 12.2. The van der Waals surface area contributed by atoms with Gasteiger partial charge in [-0.1, -0.05) is 28.1 Å². The number of ether oxygens (including phenoxy) is 1. The number of rotatable bonds is 7. The van der Waals surface area contributed by atoms with Crippen molar-refractivity contribution in [1.82, 2.24) is 0 Å². The zero-order valence-electron chi connectivity index (χ0n) is 13.0. The topological polar surface area (TPSA) is 98.5 Å². The van der Waals surface area contributed by atoms with Crippen LogP contribution in [0.5, 0.6) is 0 Å². The van der Waals surface area contributed by atoms with Crippen LogP contribution in [-0.2, 0) is 14.3 Å². The minimum absolute atomic E-state index is 0.0499. The summed E-state index contributed by atoms with van der Waals surface area (Å²) in [6, 6.07) is 13.7. The largest absolute Gasteiger partial charge is 0.452 e. The lowest BCUT2D eigenvalue weighted by atomic mass is 10.2. The quantitative estimate of drug-likeness (QED) is 0.527. The summed E-state index contributed by atoms with van der Waals surface area (Å²) >= 11 is 4.44. The van der Waals surface area contributed by atoms with E-state index in [1.807, 2.05) is 0 Å². The normalized spacial score (nSPS) is 10.1. The van der Waals surface area contributed by atoms with E-state index in [2.05, 4.69) is 21.2 Å². The fraction of sp³-hybridized carbons (Fsp3) is 0.118. The summed E-state index contributed by atoms with van der Waals surface area (Å²) in [6.07, 6.45) is 0. The number of carbonyl (C=O) groups is 3. The molecule has 130 valence electrons. The van der Waals surface area contributed by atoms with E-state index in [-0.39, 0.29) is 11.3 Å². The van der Waals surface area contributed by atoms with Gasteiger partial charge in [0.1, 0.15) is 0 Å². The van der Waals surface area contributed by atoms with Gasteiger partial charge in [-0.3, -0.25) is 9.59 Å². The van der Waals surface area contributed by atoms with Gasteiger partial charge >= 0.3 is 5.97 Å². The smallest absolute Gasteiger partial charge is 0.339 e. The second kappa shape index (κ2) is 9.24. The summed E-state index contributed by atoms with van der Waals surface area (Å²) in [6.45, 7) is -0.413. The fourth-order valence-electron chi connectivity index (χ4n) is 1.85. The molecule has 2 rings (SSSR count). The van der Waals surface area contributed by atoms with Crippen LogP contribution in [0.4, 0.5) is 5.69 Å². The molecule has 6 nitrogen and oxygen atoms in total. The van der Waals surface area contributed by atoms with Crippen LogP contribution < -0.4 is 11.1 Å². The highest BCUT2D eigenvalue weighted by molar-refractivity contribution is 9.10. The summed E-state index contributed by atoms with van der Waals surface area (Å²) in [7, 11) is 0. The van der Waals surface area contributed by atoms with E-state index in [4.69, 9.17) is 10.5 Å². The van der Waals surface area contributed by atoms with Crippen molar-refractivity contribution in [3.8, 4) is 0 Å². The number of nitrogens with two attached hydrogens (primary N) is 1. The van der Waals surface area contributed by atoms with E-state index in [1.165, 1.54) is 0 Å². The predicted octanol–water partition coefficient (Wildman–Crippen LogP) is 2.82. The van der Waals surface area contributed by atoms with E-state index < -0.39 is 24.4 Å². The monoisotopic (exact) mass is 422 g/mol. The first-order chi connectivity index (χ1) is 12.0. The zero-order chi connectivity index (χ0) is 18.2. The van der Waals surface area contributed by atoms with Crippen LogP contribution in [0.3, 0.4) is 0 Å². The molecule has 0 atom stereocenters. The molecular formula is C17H15BrN2O4S. The average molecular weight is 423 g/mol. The summed E-state index contributed by atoms with van der Waals surface area (Å²) < 4.78 is 5.93. The lowest BCUT2D eigenvalue weighted by Gasteiger charge is -2.09. The fourth-order valence-corrected chi connectivity index (χ4v) is 2.89. The van der Waals surface area contributed by atoms with Gasteiger partial charge in [-0.05, 0) is 36.4 Å². The zero-order valence-corrected chi connectivity index (χ0v) is 15.4. The van der Waals surface area contributed by atoms with Crippen molar-refractivity contribution < 1.29 is 19.1 Å². The van der Waals surface area contributed by atoms with Crippen molar-refractivity contribution in [3.63, 3.8) is 0 Å². The Labute approximate surface area is 157 Å². The third kappa shape index (κ3) is 6.24. The van der Waals surface area contributed by atoms with Gasteiger partial charge in [-0.25, -0.2) is 4.79 Å². The van der Waals surface area contributed by atoms with E-state index in [0.717, 1.165) is 16.2 Å². The number of anilines is 1. The molecule has 2 aromatic rings.